The van der Waals surface area contributed by atoms with Crippen molar-refractivity contribution in [2.75, 3.05) is 24.5 Å². The Labute approximate surface area is 229 Å². The summed E-state index contributed by atoms with van der Waals surface area (Å²) in [4.78, 5) is 35.3. The normalized spacial score (nSPS) is 18.5. The summed E-state index contributed by atoms with van der Waals surface area (Å²) in [5.41, 5.74) is 6.77. The fraction of sp³-hybridized carbons (Fsp3) is 0.310. The molecule has 0 radical (unpaired) electrons. The van der Waals surface area contributed by atoms with Gasteiger partial charge in [-0.05, 0) is 44.5 Å². The number of anilines is 1. The van der Waals surface area contributed by atoms with Gasteiger partial charge in [0.05, 0.1) is 59.6 Å². The first-order chi connectivity index (χ1) is 19.6. The molecule has 0 bridgehead atoms. The first-order valence-corrected chi connectivity index (χ1v) is 13.7. The van der Waals surface area contributed by atoms with Gasteiger partial charge in [-0.1, -0.05) is 6.42 Å². The Morgan fingerprint density at radius 3 is 2.73 bits per heavy atom. The molecule has 3 aliphatic rings. The number of aryl methyl sites for hydroxylation is 1. The summed E-state index contributed by atoms with van der Waals surface area (Å²) in [6.07, 6.45) is 16.1. The molecule has 0 saturated carbocycles. The molecule has 11 heteroatoms. The quantitative estimate of drug-likeness (QED) is 0.340. The van der Waals surface area contributed by atoms with E-state index < -0.39 is 5.82 Å². The number of nitrogens with one attached hydrogen (secondary N) is 1. The van der Waals surface area contributed by atoms with Gasteiger partial charge < -0.3 is 14.5 Å². The van der Waals surface area contributed by atoms with E-state index in [4.69, 9.17) is 9.98 Å². The SMILES string of the molecule is Cc1cn(-c2cncc3[nH]c(C4=NC5CN5c5cnc(-c6cncc(CN7CCCCC7)c6)c(F)c54)nc23)cn1. The molecule has 5 aromatic rings. The number of piperidine rings is 1. The van der Waals surface area contributed by atoms with E-state index in [-0.39, 0.29) is 11.9 Å². The van der Waals surface area contributed by atoms with Crippen molar-refractivity contribution < 1.29 is 4.39 Å². The Balaban J connectivity index is 1.20. The van der Waals surface area contributed by atoms with Gasteiger partial charge in [0.15, 0.2) is 11.6 Å². The maximum atomic E-state index is 16.5. The minimum Gasteiger partial charge on any atom is -0.342 e. The van der Waals surface area contributed by atoms with Crippen LogP contribution in [-0.2, 0) is 6.54 Å². The number of hydrogen-bond acceptors (Lipinski definition) is 8. The number of nitrogens with zero attached hydrogens (tertiary/aromatic N) is 9. The van der Waals surface area contributed by atoms with Gasteiger partial charge in [-0.3, -0.25) is 24.8 Å². The van der Waals surface area contributed by atoms with Gasteiger partial charge in [-0.25, -0.2) is 14.4 Å². The van der Waals surface area contributed by atoms with Crippen molar-refractivity contribution in [2.24, 2.45) is 4.99 Å². The Morgan fingerprint density at radius 1 is 1.00 bits per heavy atom. The highest BCUT2D eigenvalue weighted by Gasteiger charge is 2.43. The molecule has 0 aromatic carbocycles. The third kappa shape index (κ3) is 3.88. The van der Waals surface area contributed by atoms with Crippen LogP contribution in [0.3, 0.4) is 0 Å². The maximum Gasteiger partial charge on any atom is 0.161 e. The van der Waals surface area contributed by atoms with E-state index in [2.05, 4.69) is 29.8 Å². The van der Waals surface area contributed by atoms with E-state index >= 15 is 4.39 Å². The van der Waals surface area contributed by atoms with Crippen LogP contribution in [0.2, 0.25) is 0 Å². The van der Waals surface area contributed by atoms with Crippen LogP contribution in [0.15, 0.2) is 54.6 Å². The molecule has 8 rings (SSSR count). The number of rotatable bonds is 5. The van der Waals surface area contributed by atoms with E-state index in [9.17, 15) is 0 Å². The highest BCUT2D eigenvalue weighted by Crippen LogP contribution is 2.41. The van der Waals surface area contributed by atoms with Gasteiger partial charge in [0.2, 0.25) is 0 Å². The summed E-state index contributed by atoms with van der Waals surface area (Å²) < 4.78 is 18.4. The van der Waals surface area contributed by atoms with Gasteiger partial charge >= 0.3 is 0 Å². The smallest absolute Gasteiger partial charge is 0.161 e. The number of aromatic nitrogens is 7. The Kier molecular flexibility index (Phi) is 5.27. The molecule has 0 aliphatic carbocycles. The highest BCUT2D eigenvalue weighted by molar-refractivity contribution is 6.17. The van der Waals surface area contributed by atoms with Crippen molar-refractivity contribution in [3.63, 3.8) is 0 Å². The summed E-state index contributed by atoms with van der Waals surface area (Å²) in [5, 5.41) is 0. The number of likely N-dealkylation sites (tertiary alicyclic amines) is 1. The van der Waals surface area contributed by atoms with Crippen molar-refractivity contribution in [1.29, 1.82) is 0 Å². The molecule has 5 aromatic heterocycles. The predicted octanol–water partition coefficient (Wildman–Crippen LogP) is 4.03. The number of imidazole rings is 2. The molecule has 0 amide bonds. The van der Waals surface area contributed by atoms with Crippen LogP contribution in [0.25, 0.3) is 28.0 Å². The Hall–Kier alpha value is -4.51. The van der Waals surface area contributed by atoms with Crippen LogP contribution < -0.4 is 4.90 Å². The first kappa shape index (κ1) is 23.4. The van der Waals surface area contributed by atoms with E-state index in [0.717, 1.165) is 54.3 Å². The van der Waals surface area contributed by atoms with Crippen LogP contribution >= 0.6 is 0 Å². The van der Waals surface area contributed by atoms with Crippen molar-refractivity contribution in [3.8, 4) is 16.9 Å². The first-order valence-electron chi connectivity index (χ1n) is 13.7. The molecular formula is C29H27FN10. The molecular weight excluding hydrogens is 507 g/mol. The number of hydrogen-bond donors (Lipinski definition) is 1. The minimum atomic E-state index is -0.414. The zero-order chi connectivity index (χ0) is 26.8. The third-order valence-corrected chi connectivity index (χ3v) is 7.92. The molecule has 0 spiro atoms. The predicted molar refractivity (Wildman–Crippen MR) is 149 cm³/mol. The number of H-pyrrole nitrogens is 1. The maximum absolute atomic E-state index is 16.5. The summed E-state index contributed by atoms with van der Waals surface area (Å²) >= 11 is 0. The highest BCUT2D eigenvalue weighted by atomic mass is 19.1. The van der Waals surface area contributed by atoms with Gasteiger partial charge in [0, 0.05) is 30.7 Å². The van der Waals surface area contributed by atoms with Crippen LogP contribution in [0.1, 0.15) is 41.9 Å². The Bertz CT molecular complexity index is 1800. The second-order valence-corrected chi connectivity index (χ2v) is 10.8. The van der Waals surface area contributed by atoms with Crippen LogP contribution in [0.4, 0.5) is 10.1 Å². The molecule has 3 aliphatic heterocycles. The fourth-order valence-corrected chi connectivity index (χ4v) is 5.87. The minimum absolute atomic E-state index is 0.0359. The molecule has 1 N–H and O–H groups in total. The molecule has 1 unspecified atom stereocenters. The Morgan fingerprint density at radius 2 is 1.88 bits per heavy atom. The lowest BCUT2D eigenvalue weighted by Gasteiger charge is -2.26. The van der Waals surface area contributed by atoms with Gasteiger partial charge in [0.25, 0.3) is 0 Å². The van der Waals surface area contributed by atoms with Crippen molar-refractivity contribution in [3.05, 3.63) is 78.0 Å². The lowest BCUT2D eigenvalue weighted by molar-refractivity contribution is 0.220. The summed E-state index contributed by atoms with van der Waals surface area (Å²) in [5.74, 6) is 0.0875. The summed E-state index contributed by atoms with van der Waals surface area (Å²) in [6, 6.07) is 2.01. The van der Waals surface area contributed by atoms with Crippen LogP contribution in [0.5, 0.6) is 0 Å². The monoisotopic (exact) mass is 534 g/mol. The standard InChI is InChI=1S/C29H27FN10/c1-17-13-39(16-34-17)22-11-32-10-20-27(22)37-29(35-20)28-24-21(40-15-23(40)36-28)12-33-26(25(24)30)19-7-18(8-31-9-19)14-38-5-3-2-4-6-38/h7-13,16,23H,2-6,14-15H2,1H3,(H,35,37). The molecule has 1 atom stereocenters. The van der Waals surface area contributed by atoms with Gasteiger partial charge in [0.1, 0.15) is 23.1 Å². The third-order valence-electron chi connectivity index (χ3n) is 7.92. The zero-order valence-corrected chi connectivity index (χ0v) is 22.0. The molecule has 200 valence electrons. The molecule has 10 nitrogen and oxygen atoms in total. The lowest BCUT2D eigenvalue weighted by atomic mass is 10.0. The van der Waals surface area contributed by atoms with Crippen molar-refractivity contribution in [2.45, 2.75) is 38.9 Å². The molecule has 2 saturated heterocycles. The second kappa shape index (κ2) is 9.02. The average molecular weight is 535 g/mol. The molecule has 8 heterocycles. The molecule has 40 heavy (non-hydrogen) atoms. The summed E-state index contributed by atoms with van der Waals surface area (Å²) in [6.45, 7) is 5.64. The number of halogens is 1. The average Bonchev–Trinajstić information content (AvgIpc) is 3.42. The fourth-order valence-electron chi connectivity index (χ4n) is 5.87. The van der Waals surface area contributed by atoms with Gasteiger partial charge in [-0.15, -0.1) is 0 Å². The molecule has 2 fully saturated rings. The number of aromatic amines is 1. The van der Waals surface area contributed by atoms with E-state index in [1.54, 1.807) is 31.1 Å². The van der Waals surface area contributed by atoms with Gasteiger partial charge in [-0.2, -0.15) is 0 Å². The number of pyridine rings is 3. The van der Waals surface area contributed by atoms with E-state index in [1.165, 1.54) is 19.3 Å². The van der Waals surface area contributed by atoms with E-state index in [0.29, 0.717) is 28.2 Å². The van der Waals surface area contributed by atoms with Crippen LogP contribution in [-0.4, -0.2) is 70.9 Å². The largest absolute Gasteiger partial charge is 0.342 e. The van der Waals surface area contributed by atoms with Crippen molar-refractivity contribution >= 4 is 22.4 Å². The number of fused-ring (bicyclic) bond motifs is 4. The van der Waals surface area contributed by atoms with Crippen LogP contribution in [0, 0.1) is 12.7 Å². The lowest BCUT2D eigenvalue weighted by Crippen LogP contribution is -2.29. The number of aliphatic imine (C=N–C) groups is 1. The topological polar surface area (TPSA) is 104 Å². The van der Waals surface area contributed by atoms with Crippen molar-refractivity contribution in [1.82, 2.24) is 39.4 Å². The second-order valence-electron chi connectivity index (χ2n) is 10.8. The zero-order valence-electron chi connectivity index (χ0n) is 22.0. The summed E-state index contributed by atoms with van der Waals surface area (Å²) in [7, 11) is 0. The van der Waals surface area contributed by atoms with E-state index in [1.807, 2.05) is 34.9 Å².